The average Bonchev–Trinajstić information content (AvgIpc) is 2.38. The van der Waals surface area contributed by atoms with E-state index in [9.17, 15) is 0 Å². The predicted octanol–water partition coefficient (Wildman–Crippen LogP) is 2.77. The van der Waals surface area contributed by atoms with Crippen molar-refractivity contribution in [2.45, 2.75) is 6.61 Å². The Bertz CT molecular complexity index is 573. The number of nitriles is 1. The van der Waals surface area contributed by atoms with Gasteiger partial charge >= 0.3 is 0 Å². The van der Waals surface area contributed by atoms with Crippen molar-refractivity contribution in [1.82, 2.24) is 4.98 Å². The van der Waals surface area contributed by atoms with E-state index in [4.69, 9.17) is 22.0 Å². The second-order valence-electron chi connectivity index (χ2n) is 3.51. The highest BCUT2D eigenvalue weighted by atomic mass is 35.5. The van der Waals surface area contributed by atoms with Gasteiger partial charge in [0.25, 0.3) is 0 Å². The maximum absolute atomic E-state index is 9.06. The van der Waals surface area contributed by atoms with Gasteiger partial charge in [0.05, 0.1) is 17.2 Å². The molecule has 0 unspecified atom stereocenters. The Balaban J connectivity index is 2.53. The standard InChI is InChI=1S/C13H9ClN2O/c14-13-7-16-6-12(11(13)5-15)10-3-1-9(8-17)2-4-10/h1-4,6-7,17H,8H2. The predicted molar refractivity (Wildman–Crippen MR) is 65.3 cm³/mol. The monoisotopic (exact) mass is 244 g/mol. The van der Waals surface area contributed by atoms with Crippen LogP contribution in [0.5, 0.6) is 0 Å². The Kier molecular flexibility index (Phi) is 3.38. The van der Waals surface area contributed by atoms with Crippen molar-refractivity contribution in [3.8, 4) is 17.2 Å². The number of halogens is 1. The number of nitrogens with zero attached hydrogens (tertiary/aromatic N) is 2. The van der Waals surface area contributed by atoms with Gasteiger partial charge in [-0.2, -0.15) is 5.26 Å². The molecule has 1 aromatic carbocycles. The molecule has 3 nitrogen and oxygen atoms in total. The lowest BCUT2D eigenvalue weighted by atomic mass is 10.0. The highest BCUT2D eigenvalue weighted by molar-refractivity contribution is 6.32. The zero-order valence-corrected chi connectivity index (χ0v) is 9.65. The second kappa shape index (κ2) is 4.96. The fourth-order valence-corrected chi connectivity index (χ4v) is 1.76. The van der Waals surface area contributed by atoms with E-state index in [1.807, 2.05) is 12.1 Å². The lowest BCUT2D eigenvalue weighted by Crippen LogP contribution is -1.89. The summed E-state index contributed by atoms with van der Waals surface area (Å²) < 4.78 is 0. The van der Waals surface area contributed by atoms with Gasteiger partial charge in [0.2, 0.25) is 0 Å². The summed E-state index contributed by atoms with van der Waals surface area (Å²) in [6.07, 6.45) is 3.06. The summed E-state index contributed by atoms with van der Waals surface area (Å²) in [5.41, 5.74) is 2.79. The number of aliphatic hydroxyl groups excluding tert-OH is 1. The number of aliphatic hydroxyl groups is 1. The van der Waals surface area contributed by atoms with Gasteiger partial charge in [-0.1, -0.05) is 35.9 Å². The molecule has 1 aromatic heterocycles. The topological polar surface area (TPSA) is 56.9 Å². The van der Waals surface area contributed by atoms with Crippen LogP contribution >= 0.6 is 11.6 Å². The Labute approximate surface area is 104 Å². The van der Waals surface area contributed by atoms with Gasteiger partial charge in [0, 0.05) is 18.0 Å². The quantitative estimate of drug-likeness (QED) is 0.884. The molecule has 0 radical (unpaired) electrons. The molecule has 84 valence electrons. The van der Waals surface area contributed by atoms with E-state index in [2.05, 4.69) is 11.1 Å². The summed E-state index contributed by atoms with van der Waals surface area (Å²) in [5.74, 6) is 0. The molecule has 0 aliphatic rings. The molecule has 17 heavy (non-hydrogen) atoms. The maximum Gasteiger partial charge on any atom is 0.101 e. The minimum atomic E-state index is -0.000811. The molecule has 1 heterocycles. The van der Waals surface area contributed by atoms with E-state index in [0.717, 1.165) is 11.1 Å². The first-order valence-corrected chi connectivity index (χ1v) is 5.38. The normalized spacial score (nSPS) is 9.94. The van der Waals surface area contributed by atoms with Gasteiger partial charge < -0.3 is 5.11 Å². The van der Waals surface area contributed by atoms with Crippen LogP contribution in [0.15, 0.2) is 36.7 Å². The summed E-state index contributed by atoms with van der Waals surface area (Å²) in [5, 5.41) is 18.4. The largest absolute Gasteiger partial charge is 0.392 e. The molecule has 0 aliphatic carbocycles. The van der Waals surface area contributed by atoms with Crippen molar-refractivity contribution >= 4 is 11.6 Å². The SMILES string of the molecule is N#Cc1c(Cl)cncc1-c1ccc(CO)cc1. The molecular formula is C13H9ClN2O. The Morgan fingerprint density at radius 1 is 1.24 bits per heavy atom. The summed E-state index contributed by atoms with van der Waals surface area (Å²) in [6, 6.07) is 9.34. The number of pyridine rings is 1. The van der Waals surface area contributed by atoms with E-state index >= 15 is 0 Å². The van der Waals surface area contributed by atoms with Gasteiger partial charge in [-0.25, -0.2) is 0 Å². The van der Waals surface area contributed by atoms with Crippen LogP contribution in [0.3, 0.4) is 0 Å². The molecule has 0 fully saturated rings. The van der Waals surface area contributed by atoms with Crippen LogP contribution in [-0.4, -0.2) is 10.1 Å². The number of benzene rings is 1. The number of hydrogen-bond donors (Lipinski definition) is 1. The highest BCUT2D eigenvalue weighted by Gasteiger charge is 2.08. The zero-order valence-electron chi connectivity index (χ0n) is 8.89. The molecule has 0 saturated heterocycles. The van der Waals surface area contributed by atoms with Gasteiger partial charge in [-0.15, -0.1) is 0 Å². The van der Waals surface area contributed by atoms with Crippen molar-refractivity contribution in [3.63, 3.8) is 0 Å². The number of aromatic nitrogens is 1. The van der Waals surface area contributed by atoms with Crippen molar-refractivity contribution in [1.29, 1.82) is 5.26 Å². The van der Waals surface area contributed by atoms with E-state index in [1.54, 1.807) is 18.3 Å². The first kappa shape index (κ1) is 11.6. The third-order valence-corrected chi connectivity index (χ3v) is 2.75. The third-order valence-electron chi connectivity index (χ3n) is 2.46. The van der Waals surface area contributed by atoms with Crippen LogP contribution in [0.4, 0.5) is 0 Å². The van der Waals surface area contributed by atoms with E-state index in [1.165, 1.54) is 6.20 Å². The number of hydrogen-bond acceptors (Lipinski definition) is 3. The van der Waals surface area contributed by atoms with Crippen LogP contribution in [0, 0.1) is 11.3 Å². The van der Waals surface area contributed by atoms with E-state index in [0.29, 0.717) is 16.1 Å². The molecule has 0 spiro atoms. The minimum Gasteiger partial charge on any atom is -0.392 e. The van der Waals surface area contributed by atoms with Crippen LogP contribution < -0.4 is 0 Å². The summed E-state index contributed by atoms with van der Waals surface area (Å²) in [6.45, 7) is -0.000811. The molecule has 2 rings (SSSR count). The summed E-state index contributed by atoms with van der Waals surface area (Å²) in [4.78, 5) is 3.98. The van der Waals surface area contributed by atoms with Gasteiger partial charge in [-0.05, 0) is 11.1 Å². The summed E-state index contributed by atoms with van der Waals surface area (Å²) in [7, 11) is 0. The van der Waals surface area contributed by atoms with E-state index in [-0.39, 0.29) is 6.61 Å². The molecule has 4 heteroatoms. The Hall–Kier alpha value is -1.89. The van der Waals surface area contributed by atoms with Gasteiger partial charge in [0.1, 0.15) is 6.07 Å². The van der Waals surface area contributed by atoms with Crippen LogP contribution in [0.2, 0.25) is 5.02 Å². The highest BCUT2D eigenvalue weighted by Crippen LogP contribution is 2.27. The van der Waals surface area contributed by atoms with Gasteiger partial charge in [0.15, 0.2) is 0 Å². The van der Waals surface area contributed by atoms with Crippen molar-refractivity contribution in [3.05, 3.63) is 52.8 Å². The molecule has 0 atom stereocenters. The molecule has 1 N–H and O–H groups in total. The molecule has 2 aromatic rings. The lowest BCUT2D eigenvalue weighted by molar-refractivity contribution is 0.282. The van der Waals surface area contributed by atoms with E-state index < -0.39 is 0 Å². The number of rotatable bonds is 2. The van der Waals surface area contributed by atoms with Crippen LogP contribution in [0.1, 0.15) is 11.1 Å². The Morgan fingerprint density at radius 3 is 2.53 bits per heavy atom. The van der Waals surface area contributed by atoms with Crippen LogP contribution in [-0.2, 0) is 6.61 Å². The smallest absolute Gasteiger partial charge is 0.101 e. The fraction of sp³-hybridized carbons (Fsp3) is 0.0769. The first-order valence-electron chi connectivity index (χ1n) is 5.00. The molecular weight excluding hydrogens is 236 g/mol. The van der Waals surface area contributed by atoms with Gasteiger partial charge in [-0.3, -0.25) is 4.98 Å². The second-order valence-corrected chi connectivity index (χ2v) is 3.92. The average molecular weight is 245 g/mol. The maximum atomic E-state index is 9.06. The van der Waals surface area contributed by atoms with Crippen LogP contribution in [0.25, 0.3) is 11.1 Å². The van der Waals surface area contributed by atoms with Crippen molar-refractivity contribution < 1.29 is 5.11 Å². The first-order chi connectivity index (χ1) is 8.26. The summed E-state index contributed by atoms with van der Waals surface area (Å²) >= 11 is 5.91. The van der Waals surface area contributed by atoms with Crippen molar-refractivity contribution in [2.24, 2.45) is 0 Å². The molecule has 0 aliphatic heterocycles. The third kappa shape index (κ3) is 2.28. The Morgan fingerprint density at radius 2 is 1.94 bits per heavy atom. The zero-order chi connectivity index (χ0) is 12.3. The van der Waals surface area contributed by atoms with Crippen molar-refractivity contribution in [2.75, 3.05) is 0 Å². The lowest BCUT2D eigenvalue weighted by Gasteiger charge is -2.05. The fourth-order valence-electron chi connectivity index (χ4n) is 1.56. The minimum absolute atomic E-state index is 0.000811. The molecule has 0 saturated carbocycles. The molecule has 0 bridgehead atoms. The molecule has 0 amide bonds.